The first kappa shape index (κ1) is 13.2. The molecular formula is C10H17BrN4O. The molecule has 0 radical (unpaired) electrons. The molecule has 0 saturated carbocycles. The van der Waals surface area contributed by atoms with E-state index in [4.69, 9.17) is 4.74 Å². The van der Waals surface area contributed by atoms with Gasteiger partial charge in [0.05, 0.1) is 17.2 Å². The molecule has 1 aromatic rings. The summed E-state index contributed by atoms with van der Waals surface area (Å²) in [5, 5.41) is 6.07. The summed E-state index contributed by atoms with van der Waals surface area (Å²) in [7, 11) is 1.79. The molecule has 0 amide bonds. The van der Waals surface area contributed by atoms with E-state index in [1.54, 1.807) is 13.2 Å². The maximum absolute atomic E-state index is 5.42. The van der Waals surface area contributed by atoms with Gasteiger partial charge in [0.15, 0.2) is 0 Å². The van der Waals surface area contributed by atoms with Crippen LogP contribution in [0.4, 0.5) is 11.8 Å². The fraction of sp³-hybridized carbons (Fsp3) is 0.600. The van der Waals surface area contributed by atoms with Gasteiger partial charge in [-0.25, -0.2) is 4.98 Å². The van der Waals surface area contributed by atoms with Crippen molar-refractivity contribution < 1.29 is 4.74 Å². The van der Waals surface area contributed by atoms with Crippen LogP contribution in [0.1, 0.15) is 13.8 Å². The first-order valence-corrected chi connectivity index (χ1v) is 5.98. The van der Waals surface area contributed by atoms with Gasteiger partial charge in [-0.05, 0) is 29.8 Å². The molecule has 90 valence electrons. The Morgan fingerprint density at radius 1 is 1.50 bits per heavy atom. The Morgan fingerprint density at radius 3 is 2.88 bits per heavy atom. The quantitative estimate of drug-likeness (QED) is 0.786. The average Bonchev–Trinajstić information content (AvgIpc) is 2.26. The van der Waals surface area contributed by atoms with Crippen LogP contribution in [0.3, 0.4) is 0 Å². The molecule has 0 atom stereocenters. The highest BCUT2D eigenvalue weighted by Gasteiger charge is 2.03. The summed E-state index contributed by atoms with van der Waals surface area (Å²) < 4.78 is 6.27. The van der Waals surface area contributed by atoms with Gasteiger partial charge in [0, 0.05) is 19.8 Å². The fourth-order valence-electron chi connectivity index (χ4n) is 1.08. The first-order valence-electron chi connectivity index (χ1n) is 5.19. The second-order valence-electron chi connectivity index (χ2n) is 3.49. The molecule has 1 heterocycles. The Morgan fingerprint density at radius 2 is 2.25 bits per heavy atom. The van der Waals surface area contributed by atoms with E-state index in [0.29, 0.717) is 12.6 Å². The average molecular weight is 289 g/mol. The van der Waals surface area contributed by atoms with Gasteiger partial charge in [-0.15, -0.1) is 0 Å². The molecule has 16 heavy (non-hydrogen) atoms. The molecule has 0 aromatic carbocycles. The van der Waals surface area contributed by atoms with Crippen molar-refractivity contribution in [2.75, 3.05) is 30.8 Å². The van der Waals surface area contributed by atoms with Crippen LogP contribution in [-0.2, 0) is 4.74 Å². The van der Waals surface area contributed by atoms with Gasteiger partial charge < -0.3 is 15.4 Å². The number of aromatic nitrogens is 2. The van der Waals surface area contributed by atoms with Crippen molar-refractivity contribution >= 4 is 27.7 Å². The van der Waals surface area contributed by atoms with Crippen LogP contribution < -0.4 is 10.6 Å². The number of hydrogen-bond acceptors (Lipinski definition) is 5. The van der Waals surface area contributed by atoms with Crippen molar-refractivity contribution in [3.05, 3.63) is 10.7 Å². The Hall–Kier alpha value is -0.880. The van der Waals surface area contributed by atoms with E-state index in [1.807, 2.05) is 13.8 Å². The highest BCUT2D eigenvalue weighted by atomic mass is 79.9. The van der Waals surface area contributed by atoms with Gasteiger partial charge in [0.25, 0.3) is 0 Å². The number of ether oxygens (including phenoxy) is 1. The van der Waals surface area contributed by atoms with E-state index >= 15 is 0 Å². The molecule has 0 unspecified atom stereocenters. The smallest absolute Gasteiger partial charge is 0.224 e. The van der Waals surface area contributed by atoms with E-state index in [2.05, 4.69) is 36.5 Å². The van der Waals surface area contributed by atoms with Crippen molar-refractivity contribution in [2.24, 2.45) is 0 Å². The number of anilines is 2. The molecule has 6 heteroatoms. The van der Waals surface area contributed by atoms with E-state index in [1.165, 1.54) is 0 Å². The van der Waals surface area contributed by atoms with E-state index in [9.17, 15) is 0 Å². The molecule has 5 nitrogen and oxygen atoms in total. The Kier molecular flexibility index (Phi) is 5.48. The molecule has 0 saturated heterocycles. The van der Waals surface area contributed by atoms with Crippen molar-refractivity contribution in [2.45, 2.75) is 20.0 Å². The normalized spacial score (nSPS) is 10.6. The Labute approximate surface area is 104 Å². The first-order chi connectivity index (χ1) is 7.63. The number of nitrogens with one attached hydrogen (secondary N) is 2. The lowest BCUT2D eigenvalue weighted by atomic mass is 10.5. The van der Waals surface area contributed by atoms with Crippen LogP contribution in [-0.4, -0.2) is 36.3 Å². The standard InChI is InChI=1S/C10H17BrN4O/c1-7(2)16-5-4-13-9-8(11)6-14-10(12-3)15-9/h6-7H,4-5H2,1-3H3,(H2,12,13,14,15). The molecule has 0 aliphatic carbocycles. The Bertz CT molecular complexity index is 333. The van der Waals surface area contributed by atoms with Gasteiger partial charge in [-0.2, -0.15) is 4.98 Å². The van der Waals surface area contributed by atoms with Crippen molar-refractivity contribution in [1.29, 1.82) is 0 Å². The summed E-state index contributed by atoms with van der Waals surface area (Å²) in [5.41, 5.74) is 0. The van der Waals surface area contributed by atoms with Crippen molar-refractivity contribution in [3.8, 4) is 0 Å². The highest BCUT2D eigenvalue weighted by molar-refractivity contribution is 9.10. The zero-order chi connectivity index (χ0) is 12.0. The monoisotopic (exact) mass is 288 g/mol. The predicted molar refractivity (Wildman–Crippen MR) is 68.9 cm³/mol. The predicted octanol–water partition coefficient (Wildman–Crippen LogP) is 2.12. The lowest BCUT2D eigenvalue weighted by Crippen LogP contribution is -2.14. The zero-order valence-electron chi connectivity index (χ0n) is 9.75. The third kappa shape index (κ3) is 4.32. The van der Waals surface area contributed by atoms with E-state index in [0.717, 1.165) is 16.8 Å². The van der Waals surface area contributed by atoms with Crippen molar-refractivity contribution in [3.63, 3.8) is 0 Å². The van der Waals surface area contributed by atoms with Crippen LogP contribution in [0.15, 0.2) is 10.7 Å². The Balaban J connectivity index is 2.46. The zero-order valence-corrected chi connectivity index (χ0v) is 11.3. The van der Waals surface area contributed by atoms with E-state index in [-0.39, 0.29) is 6.10 Å². The minimum absolute atomic E-state index is 0.253. The summed E-state index contributed by atoms with van der Waals surface area (Å²) in [6, 6.07) is 0. The lowest BCUT2D eigenvalue weighted by molar-refractivity contribution is 0.0870. The molecule has 2 N–H and O–H groups in total. The number of nitrogens with zero attached hydrogens (tertiary/aromatic N) is 2. The largest absolute Gasteiger partial charge is 0.377 e. The molecule has 0 spiro atoms. The summed E-state index contributed by atoms with van der Waals surface area (Å²) in [6.45, 7) is 5.40. The minimum Gasteiger partial charge on any atom is -0.377 e. The van der Waals surface area contributed by atoms with Gasteiger partial charge in [-0.1, -0.05) is 0 Å². The molecule has 1 aromatic heterocycles. The highest BCUT2D eigenvalue weighted by Crippen LogP contribution is 2.19. The van der Waals surface area contributed by atoms with Crippen molar-refractivity contribution in [1.82, 2.24) is 9.97 Å². The maximum atomic E-state index is 5.42. The summed E-state index contributed by atoms with van der Waals surface area (Å²) >= 11 is 3.38. The molecule has 1 rings (SSSR count). The van der Waals surface area contributed by atoms with Crippen LogP contribution in [0, 0.1) is 0 Å². The SMILES string of the molecule is CNc1ncc(Br)c(NCCOC(C)C)n1. The van der Waals surface area contributed by atoms with Crippen LogP contribution in [0.2, 0.25) is 0 Å². The molecule has 0 fully saturated rings. The number of hydrogen-bond donors (Lipinski definition) is 2. The van der Waals surface area contributed by atoms with E-state index < -0.39 is 0 Å². The lowest BCUT2D eigenvalue weighted by Gasteiger charge is -2.10. The number of rotatable bonds is 6. The van der Waals surface area contributed by atoms with Crippen LogP contribution in [0.5, 0.6) is 0 Å². The molecular weight excluding hydrogens is 272 g/mol. The second-order valence-corrected chi connectivity index (χ2v) is 4.34. The third-order valence-electron chi connectivity index (χ3n) is 1.81. The minimum atomic E-state index is 0.253. The molecule has 0 aliphatic rings. The topological polar surface area (TPSA) is 59.1 Å². The molecule has 0 bridgehead atoms. The van der Waals surface area contributed by atoms with Gasteiger partial charge in [-0.3, -0.25) is 0 Å². The second kappa shape index (κ2) is 6.65. The fourth-order valence-corrected chi connectivity index (χ4v) is 1.41. The summed E-state index contributed by atoms with van der Waals surface area (Å²) in [5.74, 6) is 1.36. The van der Waals surface area contributed by atoms with Gasteiger partial charge in [0.2, 0.25) is 5.95 Å². The van der Waals surface area contributed by atoms with Crippen LogP contribution >= 0.6 is 15.9 Å². The third-order valence-corrected chi connectivity index (χ3v) is 2.39. The maximum Gasteiger partial charge on any atom is 0.224 e. The summed E-state index contributed by atoms with van der Waals surface area (Å²) in [6.07, 6.45) is 1.97. The number of halogens is 1. The van der Waals surface area contributed by atoms with Gasteiger partial charge >= 0.3 is 0 Å². The van der Waals surface area contributed by atoms with Crippen LogP contribution in [0.25, 0.3) is 0 Å². The summed E-state index contributed by atoms with van der Waals surface area (Å²) in [4.78, 5) is 8.35. The van der Waals surface area contributed by atoms with Gasteiger partial charge in [0.1, 0.15) is 5.82 Å². The molecule has 0 aliphatic heterocycles.